The number of aromatic nitrogens is 1. The number of hydrogen-bond acceptors (Lipinski definition) is 6. The molecule has 0 saturated carbocycles. The molecule has 0 fully saturated rings. The van der Waals surface area contributed by atoms with Crippen LogP contribution in [0.3, 0.4) is 0 Å². The van der Waals surface area contributed by atoms with Crippen LogP contribution in [0.1, 0.15) is 17.5 Å². The van der Waals surface area contributed by atoms with Crippen LogP contribution in [0.4, 0.5) is 11.4 Å². The molecule has 0 bridgehead atoms. The van der Waals surface area contributed by atoms with Crippen molar-refractivity contribution in [2.75, 3.05) is 17.3 Å². The van der Waals surface area contributed by atoms with Crippen molar-refractivity contribution < 1.29 is 22.3 Å². The normalized spacial score (nSPS) is 11.2. The zero-order valence-corrected chi connectivity index (χ0v) is 21.6. The van der Waals surface area contributed by atoms with Gasteiger partial charge >= 0.3 is 0 Å². The van der Waals surface area contributed by atoms with Gasteiger partial charge in [-0.3, -0.25) is 4.79 Å². The summed E-state index contributed by atoms with van der Waals surface area (Å²) in [5.74, 6) is -0.0557. The molecule has 0 spiro atoms. The highest BCUT2D eigenvalue weighted by Gasteiger charge is 2.15. The number of carbonyl (C=O) groups is 1. The van der Waals surface area contributed by atoms with Crippen molar-refractivity contribution in [3.05, 3.63) is 89.6 Å². The zero-order valence-electron chi connectivity index (χ0n) is 19.9. The molecule has 9 heteroatoms. The minimum atomic E-state index is -4.27. The number of para-hydroxylation sites is 1. The average Bonchev–Trinajstić information content (AvgIpc) is 3.12. The first-order valence-corrected chi connectivity index (χ1v) is 13.0. The van der Waals surface area contributed by atoms with Gasteiger partial charge in [0.1, 0.15) is 21.9 Å². The Hall–Kier alpha value is -3.53. The molecule has 0 aliphatic heterocycles. The summed E-state index contributed by atoms with van der Waals surface area (Å²) in [6.45, 7) is 3.34. The first-order chi connectivity index (χ1) is 16.5. The van der Waals surface area contributed by atoms with E-state index in [4.69, 9.17) is 0 Å². The first-order valence-electron chi connectivity index (χ1n) is 10.7. The van der Waals surface area contributed by atoms with Crippen LogP contribution in [0.25, 0.3) is 16.3 Å². The second-order valence-electron chi connectivity index (χ2n) is 7.89. The number of hydrogen-bond donors (Lipinski definition) is 1. The molecule has 4 aromatic rings. The van der Waals surface area contributed by atoms with Gasteiger partial charge in [-0.15, -0.1) is 0 Å². The quantitative estimate of drug-likeness (QED) is 0.311. The smallest absolute Gasteiger partial charge is 0.263 e. The summed E-state index contributed by atoms with van der Waals surface area (Å²) in [7, 11) is -0.179. The van der Waals surface area contributed by atoms with Crippen LogP contribution in [-0.4, -0.2) is 25.9 Å². The minimum absolute atomic E-state index is 0.0557. The predicted octanol–water partition coefficient (Wildman–Crippen LogP) is 4.69. The van der Waals surface area contributed by atoms with Gasteiger partial charge in [-0.1, -0.05) is 47.2 Å². The maximum Gasteiger partial charge on any atom is 0.263 e. The summed E-state index contributed by atoms with van der Waals surface area (Å²) in [6, 6.07) is 22.0. The van der Waals surface area contributed by atoms with E-state index in [1.807, 2.05) is 50.4 Å². The Labute approximate surface area is 209 Å². The molecule has 0 aliphatic carbocycles. The molecule has 3 aromatic carbocycles. The lowest BCUT2D eigenvalue weighted by Crippen LogP contribution is -2.29. The second kappa shape index (κ2) is 11.3. The Morgan fingerprint density at radius 3 is 2.31 bits per heavy atom. The van der Waals surface area contributed by atoms with Crippen LogP contribution in [-0.2, 0) is 22.0 Å². The van der Waals surface area contributed by atoms with Gasteiger partial charge in [0.2, 0.25) is 11.4 Å². The number of carbonyl (C=O) groups excluding carboxylic acids is 1. The molecular weight excluding hydrogens is 482 g/mol. The maximum atomic E-state index is 11.2. The summed E-state index contributed by atoms with van der Waals surface area (Å²) in [5.41, 5.74) is 4.05. The average molecular weight is 510 g/mol. The maximum absolute atomic E-state index is 11.2. The number of amides is 1. The fraction of sp³-hybridized carbons (Fsp3) is 0.154. The van der Waals surface area contributed by atoms with Crippen molar-refractivity contribution in [3.8, 4) is 0 Å². The number of nitrogens with zero attached hydrogens (tertiary/aromatic N) is 2. The number of nitrogens with one attached hydrogen (secondary N) is 1. The third kappa shape index (κ3) is 7.22. The molecule has 0 saturated heterocycles. The standard InChI is InChI=1S/C19H19N3OS.C7H8O3S/c1-14(23)20-15-9-10-17-18(13-15)24-19(22(17)3)11-12-21(2)16-7-5-4-6-8-16;1-6-2-4-7(5-3-6)11(8,9)10/h4-13H,1-3H3;2-5H,1H3,(H,8,9,10). The number of fused-ring (bicyclic) bond motifs is 1. The van der Waals surface area contributed by atoms with Gasteiger partial charge in [0.25, 0.3) is 5.01 Å². The molecule has 7 nitrogen and oxygen atoms in total. The topological polar surface area (TPSA) is 93.4 Å². The molecule has 1 aromatic heterocycles. The fourth-order valence-corrected chi connectivity index (χ4v) is 4.78. The number of benzene rings is 3. The first kappa shape index (κ1) is 26.1. The lowest BCUT2D eigenvalue weighted by Gasteiger charge is -2.12. The number of rotatable bonds is 5. The van der Waals surface area contributed by atoms with Crippen molar-refractivity contribution in [2.24, 2.45) is 7.05 Å². The molecule has 0 unspecified atom stereocenters. The summed E-state index contributed by atoms with van der Waals surface area (Å²) in [6.07, 6.45) is 4.17. The summed E-state index contributed by atoms with van der Waals surface area (Å²) in [5, 5.41) is 3.98. The monoisotopic (exact) mass is 509 g/mol. The Balaban J connectivity index is 0.000000261. The van der Waals surface area contributed by atoms with Crippen LogP contribution < -0.4 is 14.8 Å². The van der Waals surface area contributed by atoms with E-state index in [0.29, 0.717) is 0 Å². The number of anilines is 2. The van der Waals surface area contributed by atoms with Crippen LogP contribution >= 0.6 is 11.3 Å². The van der Waals surface area contributed by atoms with Crippen LogP contribution in [0.2, 0.25) is 0 Å². The molecule has 0 atom stereocenters. The summed E-state index contributed by atoms with van der Waals surface area (Å²) >= 11 is 1.70. The molecule has 0 radical (unpaired) electrons. The lowest BCUT2D eigenvalue weighted by atomic mass is 10.2. The van der Waals surface area contributed by atoms with Crippen molar-refractivity contribution in [3.63, 3.8) is 0 Å². The Morgan fingerprint density at radius 1 is 1.06 bits per heavy atom. The van der Waals surface area contributed by atoms with Crippen molar-refractivity contribution in [1.82, 2.24) is 0 Å². The summed E-state index contributed by atoms with van der Waals surface area (Å²) < 4.78 is 34.5. The molecule has 4 rings (SSSR count). The van der Waals surface area contributed by atoms with E-state index < -0.39 is 10.1 Å². The van der Waals surface area contributed by atoms with E-state index in [2.05, 4.69) is 46.2 Å². The second-order valence-corrected chi connectivity index (χ2v) is 10.3. The highest BCUT2D eigenvalue weighted by Crippen LogP contribution is 2.25. The van der Waals surface area contributed by atoms with Gasteiger partial charge in [-0.25, -0.2) is 8.42 Å². The predicted molar refractivity (Wildman–Crippen MR) is 140 cm³/mol. The van der Waals surface area contributed by atoms with E-state index >= 15 is 0 Å². The van der Waals surface area contributed by atoms with E-state index in [0.717, 1.165) is 32.2 Å². The van der Waals surface area contributed by atoms with Crippen LogP contribution in [0, 0.1) is 6.92 Å². The van der Waals surface area contributed by atoms with E-state index in [9.17, 15) is 17.8 Å². The molecule has 1 N–H and O–H groups in total. The number of thiazole rings is 1. The molecule has 182 valence electrons. The van der Waals surface area contributed by atoms with Gasteiger partial charge < -0.3 is 14.8 Å². The third-order valence-electron chi connectivity index (χ3n) is 5.10. The largest absolute Gasteiger partial charge is 0.744 e. The lowest BCUT2D eigenvalue weighted by molar-refractivity contribution is -0.642. The Morgan fingerprint density at radius 2 is 1.71 bits per heavy atom. The minimum Gasteiger partial charge on any atom is -0.744 e. The van der Waals surface area contributed by atoms with E-state index in [-0.39, 0.29) is 10.8 Å². The highest BCUT2D eigenvalue weighted by atomic mass is 32.2. The van der Waals surface area contributed by atoms with Gasteiger partial charge in [0.05, 0.1) is 4.90 Å². The van der Waals surface area contributed by atoms with Crippen molar-refractivity contribution in [2.45, 2.75) is 18.7 Å². The molecular formula is C26H27N3O4S2. The van der Waals surface area contributed by atoms with Crippen LogP contribution in [0.5, 0.6) is 0 Å². The Kier molecular flexibility index (Phi) is 8.39. The van der Waals surface area contributed by atoms with Crippen LogP contribution in [0.15, 0.2) is 83.9 Å². The van der Waals surface area contributed by atoms with Gasteiger partial charge in [-0.05, 0) is 43.3 Å². The SMILES string of the molecule is CC(=O)Nc1ccc2c(c1)sc(/C=C/N(C)c1ccccc1)[n+]2C.Cc1ccc(S(=O)(=O)[O-])cc1. The Bertz CT molecular complexity index is 1450. The molecule has 35 heavy (non-hydrogen) atoms. The van der Waals surface area contributed by atoms with Crippen molar-refractivity contribution in [1.29, 1.82) is 0 Å². The van der Waals surface area contributed by atoms with E-state index in [1.165, 1.54) is 19.1 Å². The number of aryl methyl sites for hydroxylation is 2. The molecule has 1 heterocycles. The van der Waals surface area contributed by atoms with Gasteiger partial charge in [0.15, 0.2) is 0 Å². The highest BCUT2D eigenvalue weighted by molar-refractivity contribution is 7.85. The third-order valence-corrected chi connectivity index (χ3v) is 7.12. The van der Waals surface area contributed by atoms with E-state index in [1.54, 1.807) is 23.5 Å². The fourth-order valence-electron chi connectivity index (χ4n) is 3.23. The zero-order chi connectivity index (χ0) is 25.6. The molecule has 1 amide bonds. The van der Waals surface area contributed by atoms with Gasteiger partial charge in [0, 0.05) is 43.7 Å². The molecule has 0 aliphatic rings. The van der Waals surface area contributed by atoms with Crippen molar-refractivity contribution >= 4 is 55.0 Å². The van der Waals surface area contributed by atoms with Gasteiger partial charge in [-0.2, -0.15) is 4.57 Å². The summed E-state index contributed by atoms with van der Waals surface area (Å²) in [4.78, 5) is 13.1.